The van der Waals surface area contributed by atoms with Crippen LogP contribution in [0, 0.1) is 5.92 Å². The monoisotopic (exact) mass is 315 g/mol. The lowest BCUT2D eigenvalue weighted by atomic mass is 10.0. The van der Waals surface area contributed by atoms with Gasteiger partial charge in [0, 0.05) is 23.3 Å². The molecule has 1 aliphatic heterocycles. The summed E-state index contributed by atoms with van der Waals surface area (Å²) in [6.45, 7) is 4.80. The van der Waals surface area contributed by atoms with Crippen molar-refractivity contribution in [2.24, 2.45) is 5.92 Å². The second-order valence-corrected chi connectivity index (χ2v) is 7.92. The van der Waals surface area contributed by atoms with Crippen LogP contribution in [0.25, 0.3) is 0 Å². The van der Waals surface area contributed by atoms with Crippen molar-refractivity contribution >= 4 is 25.6 Å². The van der Waals surface area contributed by atoms with Gasteiger partial charge >= 0.3 is 0 Å². The number of carbonyl (C=O) groups is 1. The Morgan fingerprint density at radius 3 is 2.60 bits per heavy atom. The van der Waals surface area contributed by atoms with E-state index in [1.54, 1.807) is 17.0 Å². The Hall–Kier alpha value is -1.07. The largest absolute Gasteiger partial charge is 0.335 e. The van der Waals surface area contributed by atoms with E-state index in [9.17, 15) is 13.2 Å². The minimum Gasteiger partial charge on any atom is -0.335 e. The Morgan fingerprint density at radius 2 is 2.00 bits per heavy atom. The Kier molecular flexibility index (Phi) is 4.39. The topological polar surface area (TPSA) is 54.5 Å². The molecule has 1 aliphatic rings. The summed E-state index contributed by atoms with van der Waals surface area (Å²) in [6, 6.07) is 6.27. The average Bonchev–Trinajstić information content (AvgIpc) is 2.86. The highest BCUT2D eigenvalue weighted by atomic mass is 35.7. The summed E-state index contributed by atoms with van der Waals surface area (Å²) in [4.78, 5) is 14.3. The molecule has 1 heterocycles. The van der Waals surface area contributed by atoms with Crippen LogP contribution in [0.5, 0.6) is 0 Å². The molecule has 1 unspecified atom stereocenters. The summed E-state index contributed by atoms with van der Waals surface area (Å²) in [6.07, 6.45) is 1.91. The third-order valence-corrected chi connectivity index (χ3v) is 5.09. The maximum atomic E-state index is 12.6. The number of hydrogen-bond acceptors (Lipinski definition) is 3. The molecule has 1 saturated heterocycles. The Balaban J connectivity index is 2.40. The van der Waals surface area contributed by atoms with Crippen molar-refractivity contribution in [3.05, 3.63) is 29.8 Å². The predicted molar refractivity (Wildman–Crippen MR) is 78.4 cm³/mol. The van der Waals surface area contributed by atoms with Crippen LogP contribution in [0.4, 0.5) is 0 Å². The van der Waals surface area contributed by atoms with Crippen molar-refractivity contribution in [1.29, 1.82) is 0 Å². The first-order valence-electron chi connectivity index (χ1n) is 6.67. The molecule has 1 aromatic rings. The SMILES string of the molecule is CC(C)C1CCCN1C(=O)c1ccccc1S(=O)(=O)Cl. The van der Waals surface area contributed by atoms with E-state index in [0.29, 0.717) is 12.5 Å². The van der Waals surface area contributed by atoms with Crippen molar-refractivity contribution in [2.45, 2.75) is 37.6 Å². The molecule has 0 saturated carbocycles. The molecule has 2 rings (SSSR count). The van der Waals surface area contributed by atoms with Gasteiger partial charge in [0.05, 0.1) is 10.5 Å². The van der Waals surface area contributed by atoms with E-state index in [-0.39, 0.29) is 22.4 Å². The Bertz CT molecular complexity index is 613. The highest BCUT2D eigenvalue weighted by Gasteiger charge is 2.33. The summed E-state index contributed by atoms with van der Waals surface area (Å²) in [5, 5.41) is 0. The van der Waals surface area contributed by atoms with Crippen molar-refractivity contribution in [3.8, 4) is 0 Å². The van der Waals surface area contributed by atoms with Gasteiger partial charge in [-0.1, -0.05) is 26.0 Å². The van der Waals surface area contributed by atoms with Crippen molar-refractivity contribution in [3.63, 3.8) is 0 Å². The third kappa shape index (κ3) is 2.99. The van der Waals surface area contributed by atoms with Gasteiger partial charge in [-0.3, -0.25) is 4.79 Å². The maximum Gasteiger partial charge on any atom is 0.262 e. The molecule has 4 nitrogen and oxygen atoms in total. The summed E-state index contributed by atoms with van der Waals surface area (Å²) < 4.78 is 23.2. The molecular weight excluding hydrogens is 298 g/mol. The third-order valence-electron chi connectivity index (χ3n) is 3.71. The molecule has 1 atom stereocenters. The van der Waals surface area contributed by atoms with Crippen molar-refractivity contribution < 1.29 is 13.2 Å². The summed E-state index contributed by atoms with van der Waals surface area (Å²) in [5.74, 6) is 0.0993. The Labute approximate surface area is 124 Å². The zero-order valence-corrected chi connectivity index (χ0v) is 13.1. The first-order valence-corrected chi connectivity index (χ1v) is 8.98. The highest BCUT2D eigenvalue weighted by molar-refractivity contribution is 8.13. The van der Waals surface area contributed by atoms with Gasteiger partial charge in [0.25, 0.3) is 15.0 Å². The molecule has 110 valence electrons. The van der Waals surface area contributed by atoms with Crippen LogP contribution in [0.1, 0.15) is 37.0 Å². The van der Waals surface area contributed by atoms with Crippen molar-refractivity contribution in [1.82, 2.24) is 4.90 Å². The van der Waals surface area contributed by atoms with Gasteiger partial charge in [-0.25, -0.2) is 8.42 Å². The summed E-state index contributed by atoms with van der Waals surface area (Å²) in [7, 11) is 1.49. The minimum absolute atomic E-state index is 0.110. The van der Waals surface area contributed by atoms with Crippen molar-refractivity contribution in [2.75, 3.05) is 6.54 Å². The number of nitrogens with zero attached hydrogens (tertiary/aromatic N) is 1. The van der Waals surface area contributed by atoms with E-state index in [1.807, 2.05) is 0 Å². The standard InChI is InChI=1S/C14H18ClNO3S/c1-10(2)12-7-5-9-16(12)14(17)11-6-3-4-8-13(11)20(15,18)19/h3-4,6,8,10,12H,5,7,9H2,1-2H3. The number of likely N-dealkylation sites (tertiary alicyclic amines) is 1. The van der Waals surface area contributed by atoms with Gasteiger partial charge < -0.3 is 4.90 Å². The average molecular weight is 316 g/mol. The van der Waals surface area contributed by atoms with Crippen LogP contribution in [-0.2, 0) is 9.05 Å². The molecule has 0 N–H and O–H groups in total. The predicted octanol–water partition coefficient (Wildman–Crippen LogP) is 2.87. The number of hydrogen-bond donors (Lipinski definition) is 0. The van der Waals surface area contributed by atoms with Gasteiger partial charge in [0.2, 0.25) is 0 Å². The van der Waals surface area contributed by atoms with Crippen LogP contribution >= 0.6 is 10.7 Å². The number of carbonyl (C=O) groups excluding carboxylic acids is 1. The van der Waals surface area contributed by atoms with E-state index in [2.05, 4.69) is 13.8 Å². The van der Waals surface area contributed by atoms with E-state index < -0.39 is 9.05 Å². The van der Waals surface area contributed by atoms with Crippen LogP contribution in [-0.4, -0.2) is 31.8 Å². The molecular formula is C14H18ClNO3S. The quantitative estimate of drug-likeness (QED) is 0.806. The lowest BCUT2D eigenvalue weighted by molar-refractivity contribution is 0.0697. The maximum absolute atomic E-state index is 12.6. The normalized spacial score (nSPS) is 19.6. The highest BCUT2D eigenvalue weighted by Crippen LogP contribution is 2.28. The van der Waals surface area contributed by atoms with Gasteiger partial charge in [-0.2, -0.15) is 0 Å². The van der Waals surface area contributed by atoms with E-state index in [0.717, 1.165) is 12.8 Å². The Morgan fingerprint density at radius 1 is 1.35 bits per heavy atom. The first kappa shape index (κ1) is 15.3. The fourth-order valence-corrected chi connectivity index (χ4v) is 3.81. The fourth-order valence-electron chi connectivity index (χ4n) is 2.75. The molecule has 1 fully saturated rings. The molecule has 0 radical (unpaired) electrons. The molecule has 1 amide bonds. The molecule has 0 bridgehead atoms. The van der Waals surface area contributed by atoms with Crippen LogP contribution in [0.15, 0.2) is 29.2 Å². The number of rotatable bonds is 3. The lowest BCUT2D eigenvalue weighted by Gasteiger charge is -2.28. The molecule has 1 aromatic carbocycles. The number of amides is 1. The molecule has 6 heteroatoms. The molecule has 0 spiro atoms. The van der Waals surface area contributed by atoms with Gasteiger partial charge in [0.1, 0.15) is 0 Å². The van der Waals surface area contributed by atoms with Crippen LogP contribution < -0.4 is 0 Å². The molecule has 20 heavy (non-hydrogen) atoms. The van der Waals surface area contributed by atoms with E-state index >= 15 is 0 Å². The zero-order valence-electron chi connectivity index (χ0n) is 11.5. The van der Waals surface area contributed by atoms with Gasteiger partial charge in [-0.05, 0) is 30.9 Å². The fraction of sp³-hybridized carbons (Fsp3) is 0.500. The minimum atomic E-state index is -3.92. The smallest absolute Gasteiger partial charge is 0.262 e. The number of benzene rings is 1. The van der Waals surface area contributed by atoms with Crippen LogP contribution in [0.2, 0.25) is 0 Å². The summed E-state index contributed by atoms with van der Waals surface area (Å²) in [5.41, 5.74) is 0.162. The lowest BCUT2D eigenvalue weighted by Crippen LogP contribution is -2.39. The van der Waals surface area contributed by atoms with Gasteiger partial charge in [0.15, 0.2) is 0 Å². The van der Waals surface area contributed by atoms with E-state index in [4.69, 9.17) is 10.7 Å². The summed E-state index contributed by atoms with van der Waals surface area (Å²) >= 11 is 0. The number of halogens is 1. The van der Waals surface area contributed by atoms with Crippen LogP contribution in [0.3, 0.4) is 0 Å². The second kappa shape index (κ2) is 5.74. The second-order valence-electron chi connectivity index (χ2n) is 5.39. The van der Waals surface area contributed by atoms with Gasteiger partial charge in [-0.15, -0.1) is 0 Å². The first-order chi connectivity index (χ1) is 9.32. The zero-order chi connectivity index (χ0) is 14.9. The molecule has 0 aromatic heterocycles. The molecule has 0 aliphatic carbocycles. The van der Waals surface area contributed by atoms with E-state index in [1.165, 1.54) is 12.1 Å².